The summed E-state index contributed by atoms with van der Waals surface area (Å²) >= 11 is 0. The average molecular weight is 1880 g/mol. The van der Waals surface area contributed by atoms with Crippen molar-refractivity contribution >= 4 is 74.8 Å². The van der Waals surface area contributed by atoms with Gasteiger partial charge in [0.25, 0.3) is 16.7 Å². The number of aromatic nitrogens is 21. The molecule has 27 atom stereocenters. The van der Waals surface area contributed by atoms with Gasteiger partial charge in [0, 0.05) is 41.7 Å². The standard InChI is InChI=1S/C23H33N8O12P.2C21H29N8O12P/c1-4-38-16-14(33)12(42-20(16)31-9-26-22(24)29-23(31)35)7-40-44(36,37)43-15-11(6-32)41-21(17(15)39-5-2)30-8-25-13-18(30)27-10(3)28-19(13)34;1-8-25-16-11(17(32)26-8)23-6-28(16)19-15(37-3)13(9(4-30)39-19)41-42(34,35)38-5-10-12(31)14(36-2)18(40-10)29-7-24-20(22)27-21(29)33;1-8-25-16-11(17(32)26-8)23-6-28(16)18-14(36-2)12(31)10(40-18)5-38-42(34,35)41-13-9(4-30)39-19(15(13)37-3)29-7-24-20(22)27-21(29)33/h8-9,11-12,14-17,20-21,32-33H,4-7H2,1-3H3,(H,36,37)(H2,24,29,35)(H,27,28,34);2*6-7,9-10,12-15,18-19,30-31H,4-5H2,1-3H3,(H,34,35)(H2,22,27,33)(H,25,26,32)/t11-,12-,14+,15+,16?,17?,20-,21-;2*9-,10-,12+,13+,14?,15?,18-,19-/m111/s1. The SMILES string of the molecule is CCOC1[C@@H](O)[C@@H](COP(=O)(O)O[C@@H]2C(OCC)[C@H](n3cnc4c(=O)[nH]c(C)nc43)O[C@@H]2CO)O[C@H]1n1cnc(N)nc1=O.COC1[C@@H](O)[C@@H](COP(=O)(O)O[C@@H]2C(OC)[C@H](n3cnc4c(=O)[nH]c(C)nc43)O[C@@H]2CO)O[C@H]1n1cnc(N)nc1=O.COC1[C@@H](OP(=O)(O)OC[C@H]2O[C@@H](n3cnc4c(=O)[nH]c(C)nc43)C(OC)[C@H]2O)[C@@H](CO)O[C@H]1n1cnc(N)nc1=O. The van der Waals surface area contributed by atoms with Crippen LogP contribution in [0, 0.1) is 20.8 Å². The summed E-state index contributed by atoms with van der Waals surface area (Å²) in [5, 5.41) is 62.3. The van der Waals surface area contributed by atoms with E-state index in [9.17, 15) is 87.8 Å². The van der Waals surface area contributed by atoms with Gasteiger partial charge in [0.2, 0.25) is 17.8 Å². The van der Waals surface area contributed by atoms with E-state index in [1.165, 1.54) is 61.1 Å². The molecule has 0 amide bonds. The van der Waals surface area contributed by atoms with E-state index in [1.807, 2.05) is 0 Å². The average Bonchev–Trinajstić information content (AvgIpc) is 1.61. The molecular formula is C65H91N24O36P3. The molecule has 9 unspecified atom stereocenters. The van der Waals surface area contributed by atoms with Gasteiger partial charge in [0.05, 0.1) is 58.6 Å². The van der Waals surface area contributed by atoms with Crippen molar-refractivity contribution < 1.29 is 143 Å². The van der Waals surface area contributed by atoms with E-state index < -0.39 is 244 Å². The molecule has 63 heteroatoms. The fraction of sp³-hybridized carbons (Fsp3) is 0.631. The van der Waals surface area contributed by atoms with Crippen molar-refractivity contribution in [2.45, 2.75) is 182 Å². The number of nitrogens with one attached hydrogen (secondary N) is 3. The molecule has 702 valence electrons. The molecule has 0 aliphatic carbocycles. The monoisotopic (exact) mass is 1880 g/mol. The number of nitrogen functional groups attached to an aromatic ring is 3. The number of ether oxygens (including phenoxy) is 12. The molecule has 128 heavy (non-hydrogen) atoms. The summed E-state index contributed by atoms with van der Waals surface area (Å²) in [6.07, 6.45) is -21.8. The number of imidazole rings is 3. The zero-order valence-corrected chi connectivity index (χ0v) is 71.3. The van der Waals surface area contributed by atoms with E-state index in [1.54, 1.807) is 34.6 Å². The number of hydrogen-bond acceptors (Lipinski definition) is 48. The van der Waals surface area contributed by atoms with E-state index in [0.29, 0.717) is 17.5 Å². The van der Waals surface area contributed by atoms with Gasteiger partial charge >= 0.3 is 40.5 Å². The first kappa shape index (κ1) is 96.1. The fourth-order valence-corrected chi connectivity index (χ4v) is 17.8. The molecule has 6 saturated heterocycles. The molecule has 9 aromatic heterocycles. The van der Waals surface area contributed by atoms with E-state index in [4.69, 9.17) is 101 Å². The molecular weight excluding hydrogens is 1790 g/mol. The highest BCUT2D eigenvalue weighted by Crippen LogP contribution is 2.53. The topological polar surface area (TPSA) is 812 Å². The minimum Gasteiger partial charge on any atom is -0.394 e. The lowest BCUT2D eigenvalue weighted by Crippen LogP contribution is -2.39. The molecule has 15 heterocycles. The molecule has 0 spiro atoms. The second-order valence-electron chi connectivity index (χ2n) is 28.7. The number of H-pyrrole nitrogens is 3. The number of anilines is 3. The molecule has 6 aliphatic rings. The maximum atomic E-state index is 13.2. The van der Waals surface area contributed by atoms with Gasteiger partial charge in [-0.15, -0.1) is 0 Å². The Morgan fingerprint density at radius 1 is 0.367 bits per heavy atom. The fourth-order valence-electron chi connectivity index (χ4n) is 14.9. The zero-order chi connectivity index (χ0) is 92.4. The van der Waals surface area contributed by atoms with E-state index in [2.05, 4.69) is 74.8 Å². The lowest BCUT2D eigenvalue weighted by atomic mass is 10.1. The Morgan fingerprint density at radius 3 is 0.914 bits per heavy atom. The number of hydrogen-bond donors (Lipinski definition) is 15. The van der Waals surface area contributed by atoms with Crippen LogP contribution in [0.5, 0.6) is 0 Å². The van der Waals surface area contributed by atoms with E-state index in [-0.39, 0.29) is 64.6 Å². The molecule has 6 aliphatic heterocycles. The lowest BCUT2D eigenvalue weighted by Gasteiger charge is -2.26. The van der Waals surface area contributed by atoms with Crippen LogP contribution in [-0.4, -0.2) is 339 Å². The number of methoxy groups -OCH3 is 4. The summed E-state index contributed by atoms with van der Waals surface area (Å²) in [4.78, 5) is 160. The quantitative estimate of drug-likeness (QED) is 0.0174. The minimum absolute atomic E-state index is 0.0238. The minimum atomic E-state index is -4.95. The number of fused-ring (bicyclic) bond motifs is 3. The van der Waals surface area contributed by atoms with Gasteiger partial charge in [-0.3, -0.25) is 68.9 Å². The number of phosphoric ester groups is 3. The number of aliphatic hydroxyl groups excluding tert-OH is 6. The van der Waals surface area contributed by atoms with Gasteiger partial charge in [-0.25, -0.2) is 72.9 Å². The third-order valence-electron chi connectivity index (χ3n) is 20.6. The van der Waals surface area contributed by atoms with Gasteiger partial charge in [0.1, 0.15) is 146 Å². The highest BCUT2D eigenvalue weighted by atomic mass is 31.2. The largest absolute Gasteiger partial charge is 0.472 e. The van der Waals surface area contributed by atoms with Gasteiger partial charge < -0.3 is 134 Å². The molecule has 9 aromatic rings. The van der Waals surface area contributed by atoms with Crippen LogP contribution >= 0.6 is 23.5 Å². The lowest BCUT2D eigenvalue weighted by molar-refractivity contribution is -0.0745. The van der Waals surface area contributed by atoms with Crippen LogP contribution in [0.1, 0.15) is 68.7 Å². The Bertz CT molecular complexity index is 5940. The summed E-state index contributed by atoms with van der Waals surface area (Å²) in [6.45, 7) is 4.41. The number of nitrogens with zero attached hydrogens (tertiary/aromatic N) is 18. The normalized spacial score (nSPS) is 30.8. The van der Waals surface area contributed by atoms with Gasteiger partial charge in [-0.2, -0.15) is 15.0 Å². The Balaban J connectivity index is 0.000000164. The second kappa shape index (κ2) is 40.1. The first-order valence-corrected chi connectivity index (χ1v) is 42.9. The van der Waals surface area contributed by atoms with Crippen LogP contribution in [0.25, 0.3) is 33.5 Å². The number of rotatable bonds is 32. The predicted octanol–water partition coefficient (Wildman–Crippen LogP) is -7.19. The van der Waals surface area contributed by atoms with Gasteiger partial charge in [-0.1, -0.05) is 0 Å². The molecule has 18 N–H and O–H groups in total. The van der Waals surface area contributed by atoms with Crippen molar-refractivity contribution in [1.82, 2.24) is 102 Å². The van der Waals surface area contributed by atoms with Crippen molar-refractivity contribution in [2.24, 2.45) is 0 Å². The maximum Gasteiger partial charge on any atom is 0.472 e. The number of aliphatic hydroxyl groups is 6. The van der Waals surface area contributed by atoms with Crippen molar-refractivity contribution in [3.05, 3.63) is 118 Å². The van der Waals surface area contributed by atoms with Crippen LogP contribution in [-0.2, 0) is 97.7 Å². The van der Waals surface area contributed by atoms with E-state index >= 15 is 0 Å². The summed E-state index contributed by atoms with van der Waals surface area (Å²) in [5.74, 6) is 0.137. The zero-order valence-electron chi connectivity index (χ0n) is 68.6. The number of phosphoric acid groups is 3. The Labute approximate surface area is 715 Å². The van der Waals surface area contributed by atoms with Crippen LogP contribution in [0.2, 0.25) is 0 Å². The molecule has 0 bridgehead atoms. The molecule has 15 rings (SSSR count). The summed E-state index contributed by atoms with van der Waals surface area (Å²) in [7, 11) is -9.70. The molecule has 0 saturated carbocycles. The number of aryl methyl sites for hydroxylation is 3. The Hall–Kier alpha value is -9.51. The first-order valence-electron chi connectivity index (χ1n) is 38.5. The van der Waals surface area contributed by atoms with Crippen LogP contribution in [0.15, 0.2) is 66.7 Å². The third-order valence-corrected chi connectivity index (χ3v) is 23.6. The third kappa shape index (κ3) is 20.2. The highest BCUT2D eigenvalue weighted by molar-refractivity contribution is 7.48. The van der Waals surface area contributed by atoms with Crippen LogP contribution < -0.4 is 50.9 Å². The van der Waals surface area contributed by atoms with Crippen molar-refractivity contribution in [3.63, 3.8) is 0 Å². The molecule has 0 aromatic carbocycles. The van der Waals surface area contributed by atoms with Crippen LogP contribution in [0.4, 0.5) is 17.8 Å². The Morgan fingerprint density at radius 2 is 0.617 bits per heavy atom. The molecule has 60 nitrogen and oxygen atoms in total. The van der Waals surface area contributed by atoms with Crippen molar-refractivity contribution in [2.75, 3.05) is 98.5 Å². The summed E-state index contributed by atoms with van der Waals surface area (Å²) in [6, 6.07) is 0. The molecule has 0 radical (unpaired) electrons. The number of nitrogens with two attached hydrogens (primary N) is 3. The first-order chi connectivity index (χ1) is 60.9. The summed E-state index contributed by atoms with van der Waals surface area (Å²) in [5.41, 5.74) is 13.0. The van der Waals surface area contributed by atoms with Crippen molar-refractivity contribution in [3.8, 4) is 0 Å². The highest BCUT2D eigenvalue weighted by Gasteiger charge is 2.56. The maximum absolute atomic E-state index is 13.2. The van der Waals surface area contributed by atoms with E-state index in [0.717, 1.165) is 32.7 Å². The summed E-state index contributed by atoms with van der Waals surface area (Å²) < 4.78 is 146. The molecule has 6 fully saturated rings. The number of aromatic amines is 3. The van der Waals surface area contributed by atoms with Gasteiger partial charge in [-0.05, 0) is 34.6 Å². The van der Waals surface area contributed by atoms with Crippen molar-refractivity contribution in [1.29, 1.82) is 0 Å². The van der Waals surface area contributed by atoms with Crippen LogP contribution in [0.3, 0.4) is 0 Å². The smallest absolute Gasteiger partial charge is 0.394 e. The van der Waals surface area contributed by atoms with Gasteiger partial charge in [0.15, 0.2) is 70.9 Å². The predicted molar refractivity (Wildman–Crippen MR) is 419 cm³/mol. The second-order valence-corrected chi connectivity index (χ2v) is 32.9. The Kier molecular flexibility index (Phi) is 30.1.